The largest absolute Gasteiger partial charge is 0.326 e. The van der Waals surface area contributed by atoms with Crippen LogP contribution in [0.1, 0.15) is 32.3 Å². The molecule has 0 heterocycles. The van der Waals surface area contributed by atoms with Crippen LogP contribution in [0, 0.1) is 5.92 Å². The summed E-state index contributed by atoms with van der Waals surface area (Å²) in [6.45, 7) is 5.19. The van der Waals surface area contributed by atoms with Crippen molar-refractivity contribution >= 4 is 11.8 Å². The van der Waals surface area contributed by atoms with Gasteiger partial charge in [0.2, 0.25) is 0 Å². The second-order valence-electron chi connectivity index (χ2n) is 4.23. The zero-order valence-electron chi connectivity index (χ0n) is 9.70. The first-order chi connectivity index (χ1) is 7.22. The fourth-order valence-electron chi connectivity index (χ4n) is 1.40. The van der Waals surface area contributed by atoms with E-state index in [0.717, 1.165) is 5.92 Å². The zero-order valence-corrected chi connectivity index (χ0v) is 10.5. The average molecular weight is 223 g/mol. The van der Waals surface area contributed by atoms with Crippen molar-refractivity contribution < 1.29 is 0 Å². The van der Waals surface area contributed by atoms with Gasteiger partial charge in [-0.3, -0.25) is 0 Å². The molecule has 0 aliphatic heterocycles. The lowest BCUT2D eigenvalue weighted by molar-refractivity contribution is 0.579. The molecule has 15 heavy (non-hydrogen) atoms. The fourth-order valence-corrected chi connectivity index (χ4v) is 2.28. The highest BCUT2D eigenvalue weighted by Crippen LogP contribution is 2.20. The maximum absolute atomic E-state index is 5.55. The van der Waals surface area contributed by atoms with Crippen LogP contribution in [0.3, 0.4) is 0 Å². The molecule has 84 valence electrons. The number of rotatable bonds is 6. The molecule has 0 saturated carbocycles. The Kier molecular flexibility index (Phi) is 5.81. The van der Waals surface area contributed by atoms with Gasteiger partial charge in [-0.2, -0.15) is 0 Å². The number of thioether (sulfide) groups is 1. The third-order valence-electron chi connectivity index (χ3n) is 2.35. The van der Waals surface area contributed by atoms with E-state index in [2.05, 4.69) is 38.1 Å². The Morgan fingerprint density at radius 3 is 2.40 bits per heavy atom. The van der Waals surface area contributed by atoms with Gasteiger partial charge in [-0.1, -0.05) is 32.4 Å². The van der Waals surface area contributed by atoms with Crippen LogP contribution in [0.15, 0.2) is 29.2 Å². The summed E-state index contributed by atoms with van der Waals surface area (Å²) in [6.07, 6.45) is 2.63. The molecule has 1 rings (SSSR count). The summed E-state index contributed by atoms with van der Waals surface area (Å²) < 4.78 is 0. The van der Waals surface area contributed by atoms with Crippen molar-refractivity contribution in [3.05, 3.63) is 29.8 Å². The topological polar surface area (TPSA) is 26.0 Å². The Morgan fingerprint density at radius 1 is 1.20 bits per heavy atom. The second kappa shape index (κ2) is 6.91. The molecule has 0 aliphatic carbocycles. The average Bonchev–Trinajstić information content (AvgIpc) is 2.25. The predicted octanol–water partition coefficient (Wildman–Crippen LogP) is 3.67. The number of nitrogens with two attached hydrogens (primary N) is 1. The summed E-state index contributed by atoms with van der Waals surface area (Å²) in [5, 5.41) is 0. The minimum Gasteiger partial charge on any atom is -0.326 e. The van der Waals surface area contributed by atoms with Crippen molar-refractivity contribution in [2.75, 3.05) is 5.75 Å². The van der Waals surface area contributed by atoms with Gasteiger partial charge in [-0.05, 0) is 35.8 Å². The number of benzene rings is 1. The maximum atomic E-state index is 5.55. The third kappa shape index (κ3) is 5.24. The lowest BCUT2D eigenvalue weighted by Crippen LogP contribution is -1.95. The second-order valence-corrected chi connectivity index (χ2v) is 5.40. The molecule has 0 aromatic heterocycles. The summed E-state index contributed by atoms with van der Waals surface area (Å²) >= 11 is 1.94. The Labute approximate surface area is 97.4 Å². The Morgan fingerprint density at radius 2 is 1.87 bits per heavy atom. The molecule has 0 aliphatic rings. The first kappa shape index (κ1) is 12.6. The van der Waals surface area contributed by atoms with E-state index >= 15 is 0 Å². The zero-order chi connectivity index (χ0) is 11.1. The van der Waals surface area contributed by atoms with Crippen LogP contribution >= 0.6 is 11.8 Å². The Hall–Kier alpha value is -0.470. The van der Waals surface area contributed by atoms with E-state index < -0.39 is 0 Å². The Bertz CT molecular complexity index is 266. The third-order valence-corrected chi connectivity index (χ3v) is 3.45. The van der Waals surface area contributed by atoms with Crippen LogP contribution in [0.25, 0.3) is 0 Å². The molecule has 2 heteroatoms. The normalized spacial score (nSPS) is 10.9. The molecule has 0 atom stereocenters. The van der Waals surface area contributed by atoms with Crippen LogP contribution < -0.4 is 5.73 Å². The predicted molar refractivity (Wildman–Crippen MR) is 69.1 cm³/mol. The van der Waals surface area contributed by atoms with Crippen molar-refractivity contribution in [2.24, 2.45) is 11.7 Å². The van der Waals surface area contributed by atoms with Gasteiger partial charge in [0.15, 0.2) is 0 Å². The van der Waals surface area contributed by atoms with E-state index in [4.69, 9.17) is 5.73 Å². The van der Waals surface area contributed by atoms with Gasteiger partial charge < -0.3 is 5.73 Å². The van der Waals surface area contributed by atoms with Gasteiger partial charge >= 0.3 is 0 Å². The van der Waals surface area contributed by atoms with E-state index in [-0.39, 0.29) is 0 Å². The molecule has 0 spiro atoms. The van der Waals surface area contributed by atoms with Crippen molar-refractivity contribution in [3.8, 4) is 0 Å². The quantitative estimate of drug-likeness (QED) is 0.588. The molecular formula is C13H21NS. The van der Waals surface area contributed by atoms with Gasteiger partial charge in [0.25, 0.3) is 0 Å². The SMILES string of the molecule is CC(C)CCCSc1ccc(CN)cc1. The minimum atomic E-state index is 0.637. The molecule has 0 saturated heterocycles. The molecule has 0 fully saturated rings. The molecule has 0 radical (unpaired) electrons. The monoisotopic (exact) mass is 223 g/mol. The summed E-state index contributed by atoms with van der Waals surface area (Å²) in [7, 11) is 0. The van der Waals surface area contributed by atoms with E-state index in [9.17, 15) is 0 Å². The molecule has 0 unspecified atom stereocenters. The minimum absolute atomic E-state index is 0.637. The van der Waals surface area contributed by atoms with Crippen molar-refractivity contribution in [1.82, 2.24) is 0 Å². The number of hydrogen-bond acceptors (Lipinski definition) is 2. The highest BCUT2D eigenvalue weighted by Gasteiger charge is 1.96. The molecule has 1 nitrogen and oxygen atoms in total. The van der Waals surface area contributed by atoms with Crippen LogP contribution in [0.5, 0.6) is 0 Å². The first-order valence-electron chi connectivity index (χ1n) is 5.64. The lowest BCUT2D eigenvalue weighted by atomic mass is 10.1. The fraction of sp³-hybridized carbons (Fsp3) is 0.538. The summed E-state index contributed by atoms with van der Waals surface area (Å²) in [5.74, 6) is 2.05. The maximum Gasteiger partial charge on any atom is 0.0178 e. The van der Waals surface area contributed by atoms with E-state index in [1.165, 1.54) is 29.1 Å². The first-order valence-corrected chi connectivity index (χ1v) is 6.62. The molecule has 0 bridgehead atoms. The van der Waals surface area contributed by atoms with Gasteiger partial charge in [0.05, 0.1) is 0 Å². The van der Waals surface area contributed by atoms with Gasteiger partial charge in [0.1, 0.15) is 0 Å². The summed E-state index contributed by atoms with van der Waals surface area (Å²) in [4.78, 5) is 1.36. The van der Waals surface area contributed by atoms with Crippen LogP contribution in [0.4, 0.5) is 0 Å². The van der Waals surface area contributed by atoms with Crippen molar-refractivity contribution in [3.63, 3.8) is 0 Å². The van der Waals surface area contributed by atoms with Crippen LogP contribution in [0.2, 0.25) is 0 Å². The van der Waals surface area contributed by atoms with Crippen LogP contribution in [-0.2, 0) is 6.54 Å². The van der Waals surface area contributed by atoms with Crippen LogP contribution in [-0.4, -0.2) is 5.75 Å². The molecule has 0 amide bonds. The van der Waals surface area contributed by atoms with E-state index in [0.29, 0.717) is 6.54 Å². The molecule has 1 aromatic rings. The highest BCUT2D eigenvalue weighted by atomic mass is 32.2. The highest BCUT2D eigenvalue weighted by molar-refractivity contribution is 7.99. The molecular weight excluding hydrogens is 202 g/mol. The van der Waals surface area contributed by atoms with Crippen molar-refractivity contribution in [1.29, 1.82) is 0 Å². The van der Waals surface area contributed by atoms with E-state index in [1.807, 2.05) is 11.8 Å². The number of hydrogen-bond donors (Lipinski definition) is 1. The van der Waals surface area contributed by atoms with Gasteiger partial charge in [0, 0.05) is 11.4 Å². The smallest absolute Gasteiger partial charge is 0.0178 e. The summed E-state index contributed by atoms with van der Waals surface area (Å²) in [6, 6.07) is 8.57. The Balaban J connectivity index is 2.25. The van der Waals surface area contributed by atoms with Crippen molar-refractivity contribution in [2.45, 2.75) is 38.1 Å². The van der Waals surface area contributed by atoms with E-state index in [1.54, 1.807) is 0 Å². The van der Waals surface area contributed by atoms with Gasteiger partial charge in [-0.25, -0.2) is 0 Å². The summed E-state index contributed by atoms with van der Waals surface area (Å²) in [5.41, 5.74) is 6.76. The van der Waals surface area contributed by atoms with Gasteiger partial charge in [-0.15, -0.1) is 11.8 Å². The lowest BCUT2D eigenvalue weighted by Gasteiger charge is -2.05. The molecule has 1 aromatic carbocycles. The standard InChI is InChI=1S/C13H21NS/c1-11(2)4-3-9-15-13-7-5-12(10-14)6-8-13/h5-8,11H,3-4,9-10,14H2,1-2H3. The molecule has 2 N–H and O–H groups in total.